The van der Waals surface area contributed by atoms with E-state index in [-0.39, 0.29) is 11.5 Å². The molecule has 0 aliphatic carbocycles. The van der Waals surface area contributed by atoms with Gasteiger partial charge in [-0.3, -0.25) is 0 Å². The maximum absolute atomic E-state index is 5.59. The Morgan fingerprint density at radius 1 is 1.00 bits per heavy atom. The highest BCUT2D eigenvalue weighted by Crippen LogP contribution is 2.32. The first kappa shape index (κ1) is 15.8. The van der Waals surface area contributed by atoms with E-state index in [1.54, 1.807) is 6.26 Å². The van der Waals surface area contributed by atoms with Crippen LogP contribution in [0.1, 0.15) is 63.9 Å². The molecule has 2 atom stereocenters. The molecule has 1 aromatic carbocycles. The average Bonchev–Trinajstić information content (AvgIpc) is 2.97. The number of benzene rings is 1. The highest BCUT2D eigenvalue weighted by Gasteiger charge is 2.23. The molecule has 0 saturated heterocycles. The zero-order valence-corrected chi connectivity index (χ0v) is 13.6. The fraction of sp³-hybridized carbons (Fsp3) is 0.474. The molecule has 0 amide bonds. The molecular formula is C19H27NO. The van der Waals surface area contributed by atoms with Crippen LogP contribution in [0.3, 0.4) is 0 Å². The Bertz CT molecular complexity index is 510. The molecule has 0 aliphatic heterocycles. The Balaban J connectivity index is 2.19. The van der Waals surface area contributed by atoms with Crippen molar-refractivity contribution < 1.29 is 4.42 Å². The van der Waals surface area contributed by atoms with Gasteiger partial charge in [-0.2, -0.15) is 0 Å². The number of furan rings is 1. The Labute approximate surface area is 128 Å². The lowest BCUT2D eigenvalue weighted by Crippen LogP contribution is -2.29. The summed E-state index contributed by atoms with van der Waals surface area (Å²) < 4.78 is 5.59. The molecule has 0 fully saturated rings. The Morgan fingerprint density at radius 2 is 1.71 bits per heavy atom. The second-order valence-corrected chi connectivity index (χ2v) is 6.87. The molecule has 114 valence electrons. The molecule has 1 heterocycles. The van der Waals surface area contributed by atoms with Gasteiger partial charge in [-0.15, -0.1) is 0 Å². The molecule has 21 heavy (non-hydrogen) atoms. The zero-order chi connectivity index (χ0) is 15.3. The van der Waals surface area contributed by atoms with Crippen LogP contribution in [-0.2, 0) is 0 Å². The first-order chi connectivity index (χ1) is 9.99. The number of hydrogen-bond donors (Lipinski definition) is 1. The van der Waals surface area contributed by atoms with Crippen LogP contribution >= 0.6 is 0 Å². The van der Waals surface area contributed by atoms with Gasteiger partial charge in [0.05, 0.1) is 12.3 Å². The van der Waals surface area contributed by atoms with Crippen molar-refractivity contribution in [2.75, 3.05) is 0 Å². The van der Waals surface area contributed by atoms with Gasteiger partial charge in [0.2, 0.25) is 0 Å². The summed E-state index contributed by atoms with van der Waals surface area (Å²) in [6, 6.07) is 15.3. The van der Waals surface area contributed by atoms with Gasteiger partial charge >= 0.3 is 0 Å². The highest BCUT2D eigenvalue weighted by atomic mass is 16.3. The maximum atomic E-state index is 5.59. The summed E-state index contributed by atoms with van der Waals surface area (Å²) in [7, 11) is 0. The van der Waals surface area contributed by atoms with E-state index >= 15 is 0 Å². The smallest absolute Gasteiger partial charge is 0.120 e. The molecular weight excluding hydrogens is 258 g/mol. The predicted octanol–water partition coefficient (Wildman–Crippen LogP) is 5.50. The van der Waals surface area contributed by atoms with Gasteiger partial charge in [0.15, 0.2) is 0 Å². The molecule has 2 nitrogen and oxygen atoms in total. The number of hydrogen-bond acceptors (Lipinski definition) is 2. The van der Waals surface area contributed by atoms with E-state index < -0.39 is 0 Å². The minimum absolute atomic E-state index is 0.257. The summed E-state index contributed by atoms with van der Waals surface area (Å²) in [5, 5.41) is 3.79. The molecule has 0 saturated carbocycles. The van der Waals surface area contributed by atoms with Crippen molar-refractivity contribution in [3.05, 3.63) is 60.1 Å². The van der Waals surface area contributed by atoms with E-state index in [9.17, 15) is 0 Å². The second kappa shape index (κ2) is 6.95. The van der Waals surface area contributed by atoms with Gasteiger partial charge in [0.1, 0.15) is 5.76 Å². The summed E-state index contributed by atoms with van der Waals surface area (Å²) in [5.74, 6) is 1.02. The molecule has 2 heteroatoms. The zero-order valence-electron chi connectivity index (χ0n) is 13.6. The maximum Gasteiger partial charge on any atom is 0.120 e. The van der Waals surface area contributed by atoms with Crippen molar-refractivity contribution in [2.45, 2.75) is 52.6 Å². The van der Waals surface area contributed by atoms with Crippen LogP contribution in [0.4, 0.5) is 0 Å². The van der Waals surface area contributed by atoms with Crippen molar-refractivity contribution in [1.29, 1.82) is 0 Å². The standard InChI is InChI=1S/C19H27NO/c1-5-16(18-12-9-13-21-18)20-17(14-19(2,3)4)15-10-7-6-8-11-15/h6-13,16-17,20H,5,14H2,1-4H3. The van der Waals surface area contributed by atoms with Crippen LogP contribution in [0.15, 0.2) is 53.1 Å². The van der Waals surface area contributed by atoms with Crippen LogP contribution in [0, 0.1) is 5.41 Å². The third kappa shape index (κ3) is 4.75. The molecule has 2 rings (SSSR count). The SMILES string of the molecule is CCC(NC(CC(C)(C)C)c1ccccc1)c1ccco1. The quantitative estimate of drug-likeness (QED) is 0.758. The summed E-state index contributed by atoms with van der Waals surface area (Å²) in [4.78, 5) is 0. The van der Waals surface area contributed by atoms with Gasteiger partial charge in [0, 0.05) is 6.04 Å². The topological polar surface area (TPSA) is 25.2 Å². The van der Waals surface area contributed by atoms with E-state index in [0.29, 0.717) is 6.04 Å². The normalized spacial score (nSPS) is 14.9. The van der Waals surface area contributed by atoms with E-state index in [0.717, 1.165) is 18.6 Å². The van der Waals surface area contributed by atoms with E-state index in [1.807, 2.05) is 6.07 Å². The monoisotopic (exact) mass is 285 g/mol. The predicted molar refractivity (Wildman–Crippen MR) is 88.1 cm³/mol. The summed E-state index contributed by atoms with van der Waals surface area (Å²) in [6.07, 6.45) is 3.86. The van der Waals surface area contributed by atoms with Crippen LogP contribution in [0.2, 0.25) is 0 Å². The average molecular weight is 285 g/mol. The molecule has 1 aromatic heterocycles. The third-order valence-electron chi connectivity index (χ3n) is 3.72. The Kier molecular flexibility index (Phi) is 5.24. The van der Waals surface area contributed by atoms with Crippen molar-refractivity contribution >= 4 is 0 Å². The lowest BCUT2D eigenvalue weighted by atomic mass is 9.85. The summed E-state index contributed by atoms with van der Waals surface area (Å²) >= 11 is 0. The molecule has 0 radical (unpaired) electrons. The second-order valence-electron chi connectivity index (χ2n) is 6.87. The van der Waals surface area contributed by atoms with Gasteiger partial charge in [-0.25, -0.2) is 0 Å². The lowest BCUT2D eigenvalue weighted by Gasteiger charge is -2.30. The minimum Gasteiger partial charge on any atom is -0.468 e. The minimum atomic E-state index is 0.257. The fourth-order valence-electron chi connectivity index (χ4n) is 2.70. The highest BCUT2D eigenvalue weighted by molar-refractivity contribution is 5.20. The van der Waals surface area contributed by atoms with Gasteiger partial charge in [-0.05, 0) is 36.0 Å². The fourth-order valence-corrected chi connectivity index (χ4v) is 2.70. The first-order valence-corrected chi connectivity index (χ1v) is 7.84. The van der Waals surface area contributed by atoms with Gasteiger partial charge < -0.3 is 9.73 Å². The van der Waals surface area contributed by atoms with Crippen LogP contribution in [0.25, 0.3) is 0 Å². The van der Waals surface area contributed by atoms with Crippen molar-refractivity contribution in [3.8, 4) is 0 Å². The van der Waals surface area contributed by atoms with Crippen molar-refractivity contribution in [2.24, 2.45) is 5.41 Å². The molecule has 2 unspecified atom stereocenters. The van der Waals surface area contributed by atoms with Crippen molar-refractivity contribution in [1.82, 2.24) is 5.32 Å². The molecule has 0 bridgehead atoms. The van der Waals surface area contributed by atoms with Gasteiger partial charge in [0.25, 0.3) is 0 Å². The van der Waals surface area contributed by atoms with Crippen molar-refractivity contribution in [3.63, 3.8) is 0 Å². The number of rotatable bonds is 6. The first-order valence-electron chi connectivity index (χ1n) is 7.84. The summed E-state index contributed by atoms with van der Waals surface area (Å²) in [6.45, 7) is 9.06. The Morgan fingerprint density at radius 3 is 2.24 bits per heavy atom. The van der Waals surface area contributed by atoms with Crippen LogP contribution in [-0.4, -0.2) is 0 Å². The van der Waals surface area contributed by atoms with E-state index in [1.165, 1.54) is 5.56 Å². The molecule has 0 aliphatic rings. The largest absolute Gasteiger partial charge is 0.468 e. The number of nitrogens with one attached hydrogen (secondary N) is 1. The van der Waals surface area contributed by atoms with E-state index in [4.69, 9.17) is 4.42 Å². The molecule has 0 spiro atoms. The van der Waals surface area contributed by atoms with Gasteiger partial charge in [-0.1, -0.05) is 58.0 Å². The Hall–Kier alpha value is -1.54. The molecule has 1 N–H and O–H groups in total. The molecule has 2 aromatic rings. The van der Waals surface area contributed by atoms with Crippen LogP contribution < -0.4 is 5.32 Å². The van der Waals surface area contributed by atoms with E-state index in [2.05, 4.69) is 69.4 Å². The summed E-state index contributed by atoms with van der Waals surface area (Å²) in [5.41, 5.74) is 1.62. The third-order valence-corrected chi connectivity index (χ3v) is 3.72. The van der Waals surface area contributed by atoms with Crippen LogP contribution in [0.5, 0.6) is 0 Å². The lowest BCUT2D eigenvalue weighted by molar-refractivity contribution is 0.278.